The number of rotatable bonds is 3. The first-order chi connectivity index (χ1) is 13.2. The smallest absolute Gasteiger partial charge is 0.440 e. The number of carbonyl (C=O) groups is 1. The Morgan fingerprint density at radius 3 is 2.50 bits per heavy atom. The second-order valence-corrected chi connectivity index (χ2v) is 7.47. The van der Waals surface area contributed by atoms with Crippen molar-refractivity contribution in [2.75, 3.05) is 0 Å². The van der Waals surface area contributed by atoms with Gasteiger partial charge in [0, 0.05) is 6.20 Å². The molecule has 0 fully saturated rings. The molecule has 1 aromatic carbocycles. The molecule has 28 heavy (non-hydrogen) atoms. The second kappa shape index (κ2) is 7.10. The number of hydrogen-bond donors (Lipinski definition) is 3. The number of hydrogen-bond acceptors (Lipinski definition) is 6. The van der Waals surface area contributed by atoms with E-state index in [0.29, 0.717) is 22.4 Å². The van der Waals surface area contributed by atoms with E-state index in [1.54, 1.807) is 31.2 Å². The lowest BCUT2D eigenvalue weighted by Crippen LogP contribution is -2.15. The number of amides is 1. The molecule has 142 valence electrons. The molecule has 11 heteroatoms. The minimum atomic E-state index is -3.63. The number of pyridine rings is 1. The summed E-state index contributed by atoms with van der Waals surface area (Å²) in [5.41, 5.74) is 2.15. The van der Waals surface area contributed by atoms with Gasteiger partial charge in [-0.05, 0) is 36.8 Å². The number of nitriles is 1. The summed E-state index contributed by atoms with van der Waals surface area (Å²) in [5.74, 6) is 0.0286. The van der Waals surface area contributed by atoms with E-state index in [-0.39, 0.29) is 16.6 Å². The van der Waals surface area contributed by atoms with Gasteiger partial charge < -0.3 is 10.2 Å². The number of benzene rings is 1. The normalized spacial score (nSPS) is 12.8. The zero-order valence-electron chi connectivity index (χ0n) is 14.5. The molecule has 0 saturated heterocycles. The van der Waals surface area contributed by atoms with Crippen molar-refractivity contribution in [3.05, 3.63) is 53.9 Å². The van der Waals surface area contributed by atoms with Crippen LogP contribution in [-0.4, -0.2) is 35.3 Å². The molecule has 1 atom stereocenters. The molecule has 0 bridgehead atoms. The molecule has 0 aliphatic carbocycles. The fraction of sp³-hybridized carbons (Fsp3) is 0.0588. The Morgan fingerprint density at radius 2 is 1.96 bits per heavy atom. The van der Waals surface area contributed by atoms with Gasteiger partial charge in [-0.2, -0.15) is 15.0 Å². The zero-order valence-corrected chi connectivity index (χ0v) is 15.3. The molecule has 4 N–H and O–H groups in total. The average molecular weight is 398 g/mol. The van der Waals surface area contributed by atoms with Crippen LogP contribution in [0.5, 0.6) is 5.88 Å². The van der Waals surface area contributed by atoms with Crippen molar-refractivity contribution in [2.45, 2.75) is 11.8 Å². The van der Waals surface area contributed by atoms with Gasteiger partial charge in [-0.25, -0.2) is 19.1 Å². The fourth-order valence-electron chi connectivity index (χ4n) is 2.56. The van der Waals surface area contributed by atoms with Crippen LogP contribution in [0.15, 0.2) is 51.9 Å². The summed E-state index contributed by atoms with van der Waals surface area (Å²) in [5, 5.41) is 37.8. The number of nitrogens with zero attached hydrogens (tertiary/aromatic N) is 5. The van der Waals surface area contributed by atoms with E-state index >= 15 is 0 Å². The van der Waals surface area contributed by atoms with Gasteiger partial charge in [0.2, 0.25) is 5.88 Å². The average Bonchev–Trinajstić information content (AvgIpc) is 2.95. The third kappa shape index (κ3) is 3.54. The van der Waals surface area contributed by atoms with E-state index in [1.807, 2.05) is 6.07 Å². The van der Waals surface area contributed by atoms with Crippen LogP contribution in [0.3, 0.4) is 0 Å². The van der Waals surface area contributed by atoms with E-state index in [0.717, 1.165) is 6.20 Å². The molecule has 2 heterocycles. The van der Waals surface area contributed by atoms with Gasteiger partial charge in [-0.15, -0.1) is 4.36 Å². The molecular formula is C17H14N6O4S. The van der Waals surface area contributed by atoms with Crippen molar-refractivity contribution in [3.8, 4) is 28.9 Å². The lowest BCUT2D eigenvalue weighted by atomic mass is 10.0. The number of carboxylic acid groups (broad SMARTS) is 1. The van der Waals surface area contributed by atoms with Crippen LogP contribution in [0.4, 0.5) is 4.79 Å². The van der Waals surface area contributed by atoms with Gasteiger partial charge in [-0.1, -0.05) is 12.1 Å². The lowest BCUT2D eigenvalue weighted by Gasteiger charge is -2.06. The second-order valence-electron chi connectivity index (χ2n) is 5.68. The maximum atomic E-state index is 12.1. The van der Waals surface area contributed by atoms with Crippen molar-refractivity contribution in [2.24, 2.45) is 9.50 Å². The monoisotopic (exact) mass is 398 g/mol. The third-order valence-electron chi connectivity index (χ3n) is 3.83. The fourth-order valence-corrected chi connectivity index (χ4v) is 3.37. The topological polar surface area (TPSA) is 167 Å². The molecule has 0 aliphatic heterocycles. The number of aromatic nitrogens is 3. The Bertz CT molecular complexity index is 1220. The molecule has 1 unspecified atom stereocenters. The summed E-state index contributed by atoms with van der Waals surface area (Å²) in [7, 11) is -3.63. The molecule has 2 aromatic heterocycles. The predicted molar refractivity (Wildman–Crippen MR) is 99.0 cm³/mol. The maximum Gasteiger partial charge on any atom is 0.440 e. The quantitative estimate of drug-likeness (QED) is 0.607. The largest absolute Gasteiger partial charge is 0.493 e. The van der Waals surface area contributed by atoms with Crippen LogP contribution in [0.2, 0.25) is 0 Å². The summed E-state index contributed by atoms with van der Waals surface area (Å²) >= 11 is 0. The molecule has 10 nitrogen and oxygen atoms in total. The Hall–Kier alpha value is -3.75. The number of aromatic hydroxyl groups is 1. The zero-order chi connectivity index (χ0) is 20.5. The Morgan fingerprint density at radius 1 is 1.29 bits per heavy atom. The molecule has 3 aromatic rings. The highest BCUT2D eigenvalue weighted by Gasteiger charge is 2.19. The highest BCUT2D eigenvalue weighted by molar-refractivity contribution is 7.91. The van der Waals surface area contributed by atoms with Crippen LogP contribution in [-0.2, 0) is 9.92 Å². The molecule has 0 radical (unpaired) electrons. The summed E-state index contributed by atoms with van der Waals surface area (Å²) in [6, 6.07) is 11.4. The third-order valence-corrected chi connectivity index (χ3v) is 5.17. The molecule has 0 spiro atoms. The first-order valence-corrected chi connectivity index (χ1v) is 9.34. The molecule has 3 rings (SSSR count). The van der Waals surface area contributed by atoms with E-state index in [1.165, 1.54) is 16.8 Å². The summed E-state index contributed by atoms with van der Waals surface area (Å²) in [4.78, 5) is 14.6. The number of aryl methyl sites for hydroxylation is 1. The Balaban J connectivity index is 2.03. The van der Waals surface area contributed by atoms with Gasteiger partial charge in [0.25, 0.3) is 0 Å². The van der Waals surface area contributed by atoms with Crippen molar-refractivity contribution in [1.29, 1.82) is 5.26 Å². The first kappa shape index (κ1) is 19.0. The molecule has 0 saturated carbocycles. The van der Waals surface area contributed by atoms with Crippen molar-refractivity contribution < 1.29 is 19.2 Å². The molecule has 1 amide bonds. The van der Waals surface area contributed by atoms with Crippen LogP contribution in [0.1, 0.15) is 11.3 Å². The van der Waals surface area contributed by atoms with E-state index in [9.17, 15) is 14.1 Å². The van der Waals surface area contributed by atoms with Crippen LogP contribution < -0.4 is 5.14 Å². The van der Waals surface area contributed by atoms with Crippen molar-refractivity contribution in [1.82, 2.24) is 14.8 Å². The Labute approximate surface area is 159 Å². The minimum absolute atomic E-state index is 0.0747. The highest BCUT2D eigenvalue weighted by Crippen LogP contribution is 2.34. The first-order valence-electron chi connectivity index (χ1n) is 7.76. The summed E-state index contributed by atoms with van der Waals surface area (Å²) in [6.07, 6.45) is -0.536. The van der Waals surface area contributed by atoms with Crippen LogP contribution in [0.25, 0.3) is 16.9 Å². The lowest BCUT2D eigenvalue weighted by molar-refractivity contribution is 0.206. The van der Waals surface area contributed by atoms with Gasteiger partial charge in [-0.3, -0.25) is 0 Å². The highest BCUT2D eigenvalue weighted by atomic mass is 32.2. The molecular weight excluding hydrogens is 384 g/mol. The van der Waals surface area contributed by atoms with Gasteiger partial charge in [0.05, 0.1) is 27.8 Å². The Kier molecular flexibility index (Phi) is 4.83. The maximum absolute atomic E-state index is 12.1. The van der Waals surface area contributed by atoms with Crippen molar-refractivity contribution in [3.63, 3.8) is 0 Å². The van der Waals surface area contributed by atoms with Crippen molar-refractivity contribution >= 4 is 16.0 Å². The van der Waals surface area contributed by atoms with Crippen LogP contribution >= 0.6 is 0 Å². The SMILES string of the molecule is Cc1nn(-c2ccc(S(N)(=O)=NC(=O)O)cn2)c(O)c1-c1ccc(C#N)cc1. The molecule has 0 aliphatic rings. The van der Waals surface area contributed by atoms with Gasteiger partial charge >= 0.3 is 6.09 Å². The standard InChI is InChI=1S/C17H14N6O4S/c1-10-15(12-4-2-11(8-18)3-5-12)16(24)23(21-10)14-7-6-13(9-20-14)28(19,27)22-17(25)26/h2-7,9,24H,1H3,(H,25,26)(H2,19,22,27). The van der Waals surface area contributed by atoms with E-state index in [4.69, 9.17) is 15.5 Å². The van der Waals surface area contributed by atoms with Gasteiger partial charge in [0.1, 0.15) is 9.92 Å². The summed E-state index contributed by atoms with van der Waals surface area (Å²) < 4.78 is 16.2. The van der Waals surface area contributed by atoms with Gasteiger partial charge in [0.15, 0.2) is 5.82 Å². The minimum Gasteiger partial charge on any atom is -0.493 e. The number of nitrogens with two attached hydrogens (primary N) is 1. The summed E-state index contributed by atoms with van der Waals surface area (Å²) in [6.45, 7) is 1.70. The predicted octanol–water partition coefficient (Wildman–Crippen LogP) is 2.20. The van der Waals surface area contributed by atoms with Crippen LogP contribution in [0, 0.1) is 18.3 Å². The van der Waals surface area contributed by atoms with E-state index in [2.05, 4.69) is 14.4 Å². The van der Waals surface area contributed by atoms with E-state index < -0.39 is 16.0 Å².